The van der Waals surface area contributed by atoms with E-state index in [-0.39, 0.29) is 11.8 Å². The monoisotopic (exact) mass is 343 g/mol. The number of benzene rings is 2. The minimum atomic E-state index is -0.498. The third-order valence-corrected chi connectivity index (χ3v) is 4.29. The number of hydrogen-bond donors (Lipinski definition) is 3. The molecule has 0 aliphatic rings. The van der Waals surface area contributed by atoms with E-state index in [0.29, 0.717) is 6.42 Å². The summed E-state index contributed by atoms with van der Waals surface area (Å²) in [6, 6.07) is 14.7. The maximum atomic E-state index is 11.9. The average molecular weight is 343 g/mol. The van der Waals surface area contributed by atoms with Gasteiger partial charge in [-0.05, 0) is 48.9 Å². The Balaban J connectivity index is 2.03. The van der Waals surface area contributed by atoms with Crippen LogP contribution in [0.1, 0.15) is 20.3 Å². The van der Waals surface area contributed by atoms with Crippen molar-refractivity contribution in [2.45, 2.75) is 36.1 Å². The van der Waals surface area contributed by atoms with Gasteiger partial charge in [0.15, 0.2) is 0 Å². The Kier molecular flexibility index (Phi) is 6.40. The molecule has 0 saturated carbocycles. The first-order chi connectivity index (χ1) is 11.5. The Labute approximate surface area is 146 Å². The third kappa shape index (κ3) is 5.40. The number of carbonyl (C=O) groups excluding carboxylic acids is 2. The van der Waals surface area contributed by atoms with E-state index in [2.05, 4.69) is 10.6 Å². The van der Waals surface area contributed by atoms with Crippen LogP contribution in [0.4, 0.5) is 11.4 Å². The number of hydrogen-bond acceptors (Lipinski definition) is 4. The molecule has 5 nitrogen and oxygen atoms in total. The number of anilines is 2. The van der Waals surface area contributed by atoms with E-state index in [9.17, 15) is 9.59 Å². The Morgan fingerprint density at radius 1 is 1.04 bits per heavy atom. The number of rotatable bonds is 6. The van der Waals surface area contributed by atoms with Crippen molar-refractivity contribution in [3.63, 3.8) is 0 Å². The first-order valence-corrected chi connectivity index (χ1v) is 8.51. The van der Waals surface area contributed by atoms with E-state index in [1.54, 1.807) is 11.8 Å². The van der Waals surface area contributed by atoms with Gasteiger partial charge < -0.3 is 16.4 Å². The fraction of sp³-hybridized carbons (Fsp3) is 0.222. The summed E-state index contributed by atoms with van der Waals surface area (Å²) >= 11 is 1.58. The first kappa shape index (κ1) is 18.0. The standard InChI is InChI=1S/C18H21N3O2S/c1-3-17(19)18(23)21-14-5-4-6-16(11-14)24-15-9-7-13(8-10-15)20-12(2)22/h4-11,17H,3,19H2,1-2H3,(H,20,22)(H,21,23). The molecule has 6 heteroatoms. The topological polar surface area (TPSA) is 84.2 Å². The van der Waals surface area contributed by atoms with E-state index in [0.717, 1.165) is 21.2 Å². The maximum absolute atomic E-state index is 11.9. The van der Waals surface area contributed by atoms with E-state index in [4.69, 9.17) is 5.73 Å². The lowest BCUT2D eigenvalue weighted by molar-refractivity contribution is -0.117. The number of nitrogens with two attached hydrogens (primary N) is 1. The fourth-order valence-electron chi connectivity index (χ4n) is 2.00. The number of nitrogens with one attached hydrogen (secondary N) is 2. The van der Waals surface area contributed by atoms with Gasteiger partial charge >= 0.3 is 0 Å². The van der Waals surface area contributed by atoms with Crippen LogP contribution >= 0.6 is 11.8 Å². The van der Waals surface area contributed by atoms with Crippen molar-refractivity contribution in [2.24, 2.45) is 5.73 Å². The lowest BCUT2D eigenvalue weighted by Gasteiger charge is -2.11. The van der Waals surface area contributed by atoms with Crippen molar-refractivity contribution in [3.05, 3.63) is 48.5 Å². The SMILES string of the molecule is CCC(N)C(=O)Nc1cccc(Sc2ccc(NC(C)=O)cc2)c1. The second-order valence-corrected chi connectivity index (χ2v) is 6.49. The van der Waals surface area contributed by atoms with Gasteiger partial charge in [-0.25, -0.2) is 0 Å². The summed E-state index contributed by atoms with van der Waals surface area (Å²) in [7, 11) is 0. The zero-order chi connectivity index (χ0) is 17.5. The van der Waals surface area contributed by atoms with E-state index >= 15 is 0 Å². The van der Waals surface area contributed by atoms with Crippen LogP contribution in [0.25, 0.3) is 0 Å². The summed E-state index contributed by atoms with van der Waals surface area (Å²) < 4.78 is 0. The van der Waals surface area contributed by atoms with Gasteiger partial charge in [0.2, 0.25) is 11.8 Å². The van der Waals surface area contributed by atoms with Gasteiger partial charge in [-0.1, -0.05) is 24.8 Å². The molecular formula is C18H21N3O2S. The molecule has 4 N–H and O–H groups in total. The summed E-state index contributed by atoms with van der Waals surface area (Å²) in [6.07, 6.45) is 0.598. The summed E-state index contributed by atoms with van der Waals surface area (Å²) in [5, 5.41) is 5.56. The highest BCUT2D eigenvalue weighted by molar-refractivity contribution is 7.99. The van der Waals surface area contributed by atoms with Crippen molar-refractivity contribution >= 4 is 35.0 Å². The summed E-state index contributed by atoms with van der Waals surface area (Å²) in [5.74, 6) is -0.275. The molecule has 0 radical (unpaired) electrons. The molecule has 2 aromatic carbocycles. The maximum Gasteiger partial charge on any atom is 0.241 e. The summed E-state index contributed by atoms with van der Waals surface area (Å²) in [4.78, 5) is 24.9. The van der Waals surface area contributed by atoms with Gasteiger partial charge in [0.25, 0.3) is 0 Å². The van der Waals surface area contributed by atoms with Gasteiger partial charge in [0.1, 0.15) is 0 Å². The molecule has 0 fully saturated rings. The lowest BCUT2D eigenvalue weighted by Crippen LogP contribution is -2.34. The summed E-state index contributed by atoms with van der Waals surface area (Å²) in [6.45, 7) is 3.36. The Hall–Kier alpha value is -2.31. The van der Waals surface area contributed by atoms with Crippen molar-refractivity contribution in [3.8, 4) is 0 Å². The molecular weight excluding hydrogens is 322 g/mol. The zero-order valence-corrected chi connectivity index (χ0v) is 14.5. The van der Waals surface area contributed by atoms with Crippen LogP contribution < -0.4 is 16.4 Å². The van der Waals surface area contributed by atoms with Crippen LogP contribution in [0.15, 0.2) is 58.3 Å². The molecule has 0 aliphatic carbocycles. The van der Waals surface area contributed by atoms with E-state index in [1.807, 2.05) is 55.5 Å². The number of carbonyl (C=O) groups is 2. The van der Waals surface area contributed by atoms with Gasteiger partial charge in [-0.2, -0.15) is 0 Å². The molecule has 0 aromatic heterocycles. The van der Waals surface area contributed by atoms with E-state index in [1.165, 1.54) is 6.92 Å². The fourth-order valence-corrected chi connectivity index (χ4v) is 2.88. The minimum absolute atomic E-state index is 0.0934. The van der Waals surface area contributed by atoms with Crippen LogP contribution in [0.3, 0.4) is 0 Å². The first-order valence-electron chi connectivity index (χ1n) is 7.70. The van der Waals surface area contributed by atoms with Gasteiger partial charge in [0, 0.05) is 28.1 Å². The summed E-state index contributed by atoms with van der Waals surface area (Å²) in [5.41, 5.74) is 7.22. The molecule has 0 spiro atoms. The second-order valence-electron chi connectivity index (χ2n) is 5.34. The van der Waals surface area contributed by atoms with Gasteiger partial charge in [-0.15, -0.1) is 0 Å². The zero-order valence-electron chi connectivity index (χ0n) is 13.7. The van der Waals surface area contributed by atoms with Crippen LogP contribution in [0.2, 0.25) is 0 Å². The molecule has 0 heterocycles. The normalized spacial score (nSPS) is 11.6. The lowest BCUT2D eigenvalue weighted by atomic mass is 10.2. The van der Waals surface area contributed by atoms with Crippen molar-refractivity contribution in [1.29, 1.82) is 0 Å². The Morgan fingerprint density at radius 2 is 1.75 bits per heavy atom. The predicted molar refractivity (Wildman–Crippen MR) is 98.2 cm³/mol. The highest BCUT2D eigenvalue weighted by Crippen LogP contribution is 2.30. The Bertz CT molecular complexity index is 716. The van der Waals surface area contributed by atoms with Crippen molar-refractivity contribution < 1.29 is 9.59 Å². The Morgan fingerprint density at radius 3 is 2.38 bits per heavy atom. The van der Waals surface area contributed by atoms with Crippen molar-refractivity contribution in [1.82, 2.24) is 0 Å². The van der Waals surface area contributed by atoms with Crippen molar-refractivity contribution in [2.75, 3.05) is 10.6 Å². The molecule has 24 heavy (non-hydrogen) atoms. The molecule has 2 aromatic rings. The number of amides is 2. The highest BCUT2D eigenvalue weighted by atomic mass is 32.2. The quantitative estimate of drug-likeness (QED) is 0.750. The average Bonchev–Trinajstić information content (AvgIpc) is 2.55. The van der Waals surface area contributed by atoms with Crippen LogP contribution in [-0.2, 0) is 9.59 Å². The highest BCUT2D eigenvalue weighted by Gasteiger charge is 2.11. The van der Waals surface area contributed by atoms with Crippen LogP contribution in [0, 0.1) is 0 Å². The predicted octanol–water partition coefficient (Wildman–Crippen LogP) is 3.47. The molecule has 1 unspecified atom stereocenters. The largest absolute Gasteiger partial charge is 0.326 e. The second kappa shape index (κ2) is 8.52. The molecule has 0 saturated heterocycles. The van der Waals surface area contributed by atoms with Gasteiger partial charge in [0.05, 0.1) is 6.04 Å². The van der Waals surface area contributed by atoms with Crippen LogP contribution in [-0.4, -0.2) is 17.9 Å². The molecule has 0 aliphatic heterocycles. The van der Waals surface area contributed by atoms with Gasteiger partial charge in [-0.3, -0.25) is 9.59 Å². The smallest absolute Gasteiger partial charge is 0.241 e. The molecule has 1 atom stereocenters. The molecule has 2 amide bonds. The molecule has 2 rings (SSSR count). The third-order valence-electron chi connectivity index (χ3n) is 3.29. The minimum Gasteiger partial charge on any atom is -0.326 e. The molecule has 126 valence electrons. The molecule has 0 bridgehead atoms. The van der Waals surface area contributed by atoms with Crippen LogP contribution in [0.5, 0.6) is 0 Å². The van der Waals surface area contributed by atoms with E-state index < -0.39 is 6.04 Å².